The van der Waals surface area contributed by atoms with E-state index in [9.17, 15) is 9.59 Å². The molecule has 1 aromatic rings. The number of carbonyl (C=O) groups is 2. The van der Waals surface area contributed by atoms with E-state index < -0.39 is 5.91 Å². The van der Waals surface area contributed by atoms with E-state index in [0.717, 1.165) is 12.8 Å². The molecule has 1 rings (SSSR count). The van der Waals surface area contributed by atoms with Gasteiger partial charge in [-0.15, -0.1) is 0 Å². The van der Waals surface area contributed by atoms with Gasteiger partial charge in [0.15, 0.2) is 0 Å². The number of unbranched alkanes of at least 4 members (excludes halogenated alkanes) is 1. The monoisotopic (exact) mass is 231 g/mol. The molecule has 17 heavy (non-hydrogen) atoms. The summed E-state index contributed by atoms with van der Waals surface area (Å²) in [4.78, 5) is 26.5. The SMILES string of the molecule is [B]c1cc(C(N)=O)c(NC(=O)CCCC)cn1. The van der Waals surface area contributed by atoms with E-state index in [0.29, 0.717) is 12.1 Å². The molecule has 1 aromatic heterocycles. The summed E-state index contributed by atoms with van der Waals surface area (Å²) in [5.41, 5.74) is 5.84. The van der Waals surface area contributed by atoms with Crippen molar-refractivity contribution in [3.05, 3.63) is 17.8 Å². The predicted molar refractivity (Wildman–Crippen MR) is 66.3 cm³/mol. The molecule has 0 aliphatic heterocycles. The zero-order chi connectivity index (χ0) is 12.8. The van der Waals surface area contributed by atoms with E-state index in [-0.39, 0.29) is 17.1 Å². The highest BCUT2D eigenvalue weighted by atomic mass is 16.2. The van der Waals surface area contributed by atoms with Gasteiger partial charge in [-0.3, -0.25) is 14.6 Å². The summed E-state index contributed by atoms with van der Waals surface area (Å²) in [6, 6.07) is 1.35. The summed E-state index contributed by atoms with van der Waals surface area (Å²) in [5, 5.41) is 2.60. The van der Waals surface area contributed by atoms with Gasteiger partial charge >= 0.3 is 0 Å². The van der Waals surface area contributed by atoms with Crippen molar-refractivity contribution in [3.63, 3.8) is 0 Å². The third-order valence-electron chi connectivity index (χ3n) is 2.22. The van der Waals surface area contributed by atoms with Crippen LogP contribution >= 0.6 is 0 Å². The maximum absolute atomic E-state index is 11.5. The highest BCUT2D eigenvalue weighted by Gasteiger charge is 2.11. The van der Waals surface area contributed by atoms with Gasteiger partial charge in [0, 0.05) is 6.42 Å². The third kappa shape index (κ3) is 3.90. The summed E-state index contributed by atoms with van der Waals surface area (Å²) >= 11 is 0. The lowest BCUT2D eigenvalue weighted by Gasteiger charge is -2.09. The minimum Gasteiger partial charge on any atom is -0.366 e. The number of pyridine rings is 1. The second-order valence-corrected chi connectivity index (χ2v) is 3.67. The second-order valence-electron chi connectivity index (χ2n) is 3.67. The summed E-state index contributed by atoms with van der Waals surface area (Å²) in [6.45, 7) is 1.99. The predicted octanol–water partition coefficient (Wildman–Crippen LogP) is 0.103. The molecule has 0 fully saturated rings. The molecule has 0 aromatic carbocycles. The Morgan fingerprint density at radius 3 is 2.82 bits per heavy atom. The number of hydrogen-bond acceptors (Lipinski definition) is 3. The first-order valence-corrected chi connectivity index (χ1v) is 5.39. The van der Waals surface area contributed by atoms with E-state index in [1.165, 1.54) is 12.3 Å². The molecule has 3 N–H and O–H groups in total. The largest absolute Gasteiger partial charge is 0.366 e. The molecule has 0 aliphatic rings. The third-order valence-corrected chi connectivity index (χ3v) is 2.22. The molecule has 0 unspecified atom stereocenters. The maximum Gasteiger partial charge on any atom is 0.250 e. The Labute approximate surface area is 101 Å². The van der Waals surface area contributed by atoms with Gasteiger partial charge in [-0.1, -0.05) is 13.3 Å². The Morgan fingerprint density at radius 2 is 2.24 bits per heavy atom. The van der Waals surface area contributed by atoms with Gasteiger partial charge in [-0.2, -0.15) is 0 Å². The lowest BCUT2D eigenvalue weighted by Crippen LogP contribution is -2.21. The van der Waals surface area contributed by atoms with Crippen LogP contribution in [0.4, 0.5) is 5.69 Å². The molecule has 88 valence electrons. The Morgan fingerprint density at radius 1 is 1.53 bits per heavy atom. The minimum atomic E-state index is -0.648. The Balaban J connectivity index is 2.83. The Kier molecular flexibility index (Phi) is 4.69. The molecular weight excluding hydrogens is 217 g/mol. The molecular formula is C11H14BN3O2. The van der Waals surface area contributed by atoms with Crippen molar-refractivity contribution in [2.45, 2.75) is 26.2 Å². The number of carbonyl (C=O) groups excluding carboxylic acids is 2. The number of anilines is 1. The number of amides is 2. The fraction of sp³-hybridized carbons (Fsp3) is 0.364. The van der Waals surface area contributed by atoms with Crippen molar-refractivity contribution in [1.29, 1.82) is 0 Å². The van der Waals surface area contributed by atoms with Crippen molar-refractivity contribution < 1.29 is 9.59 Å². The van der Waals surface area contributed by atoms with Crippen LogP contribution in [0, 0.1) is 0 Å². The summed E-state index contributed by atoms with van der Waals surface area (Å²) in [5.74, 6) is -0.814. The second kappa shape index (κ2) is 6.03. The van der Waals surface area contributed by atoms with Gasteiger partial charge < -0.3 is 11.1 Å². The standard InChI is InChI=1S/C11H14BN3O2/c1-2-3-4-10(16)15-8-6-14-9(12)5-7(8)11(13)17/h5-6H,2-4H2,1H3,(H2,13,17)(H,15,16). The van der Waals surface area contributed by atoms with Crippen LogP contribution in [0.25, 0.3) is 0 Å². The van der Waals surface area contributed by atoms with Gasteiger partial charge in [0.1, 0.15) is 7.85 Å². The van der Waals surface area contributed by atoms with Crippen molar-refractivity contribution >= 4 is 30.9 Å². The fourth-order valence-electron chi connectivity index (χ4n) is 1.33. The summed E-state index contributed by atoms with van der Waals surface area (Å²) in [7, 11) is 5.44. The zero-order valence-corrected chi connectivity index (χ0v) is 9.69. The van der Waals surface area contributed by atoms with Crippen molar-refractivity contribution in [3.8, 4) is 0 Å². The van der Waals surface area contributed by atoms with Crippen LogP contribution in [-0.2, 0) is 4.79 Å². The maximum atomic E-state index is 11.5. The Bertz CT molecular complexity index is 435. The van der Waals surface area contributed by atoms with E-state index in [4.69, 9.17) is 13.6 Å². The first-order valence-electron chi connectivity index (χ1n) is 5.39. The fourth-order valence-corrected chi connectivity index (χ4v) is 1.33. The van der Waals surface area contributed by atoms with E-state index in [2.05, 4.69) is 10.3 Å². The van der Waals surface area contributed by atoms with Crippen LogP contribution in [0.5, 0.6) is 0 Å². The highest BCUT2D eigenvalue weighted by Crippen LogP contribution is 2.12. The van der Waals surface area contributed by atoms with Crippen molar-refractivity contribution in [2.24, 2.45) is 5.73 Å². The number of hydrogen-bond donors (Lipinski definition) is 2. The van der Waals surface area contributed by atoms with Crippen LogP contribution in [0.2, 0.25) is 0 Å². The average Bonchev–Trinajstić information content (AvgIpc) is 2.28. The van der Waals surface area contributed by atoms with E-state index in [1.807, 2.05) is 6.92 Å². The number of nitrogens with one attached hydrogen (secondary N) is 1. The van der Waals surface area contributed by atoms with E-state index >= 15 is 0 Å². The molecule has 0 aliphatic carbocycles. The number of nitrogens with two attached hydrogens (primary N) is 1. The summed E-state index contributed by atoms with van der Waals surface area (Å²) < 4.78 is 0. The van der Waals surface area contributed by atoms with Gasteiger partial charge in [0.2, 0.25) is 5.91 Å². The number of rotatable bonds is 5. The quantitative estimate of drug-likeness (QED) is 0.705. The van der Waals surface area contributed by atoms with Crippen molar-refractivity contribution in [2.75, 3.05) is 5.32 Å². The van der Waals surface area contributed by atoms with Crippen molar-refractivity contribution in [1.82, 2.24) is 4.98 Å². The van der Waals surface area contributed by atoms with Gasteiger partial charge in [-0.05, 0) is 18.1 Å². The number of primary amides is 1. The van der Waals surface area contributed by atoms with Gasteiger partial charge in [0.25, 0.3) is 5.91 Å². The summed E-state index contributed by atoms with van der Waals surface area (Å²) in [6.07, 6.45) is 3.45. The molecule has 0 saturated carbocycles. The van der Waals surface area contributed by atoms with Crippen LogP contribution in [0.3, 0.4) is 0 Å². The molecule has 0 spiro atoms. The van der Waals surface area contributed by atoms with Gasteiger partial charge in [-0.25, -0.2) is 0 Å². The molecule has 0 atom stereocenters. The topological polar surface area (TPSA) is 85.1 Å². The molecule has 0 saturated heterocycles. The lowest BCUT2D eigenvalue weighted by atomic mass is 10.0. The number of nitrogens with zero attached hydrogens (tertiary/aromatic N) is 1. The van der Waals surface area contributed by atoms with Crippen LogP contribution in [-0.4, -0.2) is 24.6 Å². The molecule has 6 heteroatoms. The number of aromatic nitrogens is 1. The van der Waals surface area contributed by atoms with E-state index in [1.54, 1.807) is 0 Å². The molecule has 0 bridgehead atoms. The minimum absolute atomic E-state index is 0.166. The van der Waals surface area contributed by atoms with Crippen LogP contribution in [0.1, 0.15) is 36.5 Å². The van der Waals surface area contributed by atoms with Crippen LogP contribution < -0.4 is 16.6 Å². The molecule has 1 heterocycles. The normalized spacial score (nSPS) is 9.94. The molecule has 2 amide bonds. The molecule has 5 nitrogen and oxygen atoms in total. The van der Waals surface area contributed by atoms with Crippen LogP contribution in [0.15, 0.2) is 12.3 Å². The smallest absolute Gasteiger partial charge is 0.250 e. The first-order chi connectivity index (χ1) is 8.04. The van der Waals surface area contributed by atoms with Gasteiger partial charge in [0.05, 0.1) is 17.4 Å². The first kappa shape index (κ1) is 13.2. The average molecular weight is 231 g/mol. The lowest BCUT2D eigenvalue weighted by molar-refractivity contribution is -0.116. The highest BCUT2D eigenvalue weighted by molar-refractivity contribution is 6.31. The molecule has 2 radical (unpaired) electrons. The Hall–Kier alpha value is -1.85. The zero-order valence-electron chi connectivity index (χ0n) is 9.69.